The molecule has 0 bridgehead atoms. The molecule has 0 aliphatic carbocycles. The third-order valence-electron chi connectivity index (χ3n) is 5.78. The molecular formula is C29H29F3N4O2. The van der Waals surface area contributed by atoms with Crippen LogP contribution in [0.1, 0.15) is 30.7 Å². The quantitative estimate of drug-likeness (QED) is 0.258. The number of halogens is 3. The highest BCUT2D eigenvalue weighted by Gasteiger charge is 2.30. The first-order chi connectivity index (χ1) is 18.1. The number of aromatic nitrogens is 2. The number of amides is 2. The van der Waals surface area contributed by atoms with E-state index in [1.54, 1.807) is 9.58 Å². The van der Waals surface area contributed by atoms with Crippen LogP contribution in [0, 0.1) is 12.8 Å². The molecule has 4 aromatic rings. The van der Waals surface area contributed by atoms with Gasteiger partial charge in [-0.05, 0) is 61.4 Å². The molecule has 6 nitrogen and oxygen atoms in total. The SMILES string of the molecule is Cc1nn(-c2ccccc2)c(Oc2ccccc2)c1CN(CC(C)C)C(=O)Nc1ccc(C(F)(F)F)cc1. The van der Waals surface area contributed by atoms with Gasteiger partial charge in [-0.1, -0.05) is 50.2 Å². The van der Waals surface area contributed by atoms with Crippen LogP contribution >= 0.6 is 0 Å². The zero-order valence-corrected chi connectivity index (χ0v) is 21.4. The number of para-hydroxylation sites is 2. The number of aryl methyl sites for hydroxylation is 1. The van der Waals surface area contributed by atoms with Crippen molar-refractivity contribution >= 4 is 11.7 Å². The zero-order valence-electron chi connectivity index (χ0n) is 21.4. The second-order valence-electron chi connectivity index (χ2n) is 9.31. The Morgan fingerprint density at radius 2 is 1.58 bits per heavy atom. The number of nitrogens with zero attached hydrogens (tertiary/aromatic N) is 3. The van der Waals surface area contributed by atoms with E-state index in [2.05, 4.69) is 5.32 Å². The van der Waals surface area contributed by atoms with Gasteiger partial charge in [0.1, 0.15) is 5.75 Å². The van der Waals surface area contributed by atoms with E-state index in [-0.39, 0.29) is 18.2 Å². The Morgan fingerprint density at radius 1 is 0.974 bits per heavy atom. The van der Waals surface area contributed by atoms with E-state index in [4.69, 9.17) is 9.84 Å². The number of ether oxygens (including phenoxy) is 1. The van der Waals surface area contributed by atoms with Gasteiger partial charge in [0.2, 0.25) is 5.88 Å². The summed E-state index contributed by atoms with van der Waals surface area (Å²) in [6, 6.07) is 22.8. The summed E-state index contributed by atoms with van der Waals surface area (Å²) in [5.74, 6) is 1.24. The van der Waals surface area contributed by atoms with E-state index >= 15 is 0 Å². The van der Waals surface area contributed by atoms with E-state index in [0.717, 1.165) is 23.4 Å². The van der Waals surface area contributed by atoms with E-state index in [1.165, 1.54) is 12.1 Å². The van der Waals surface area contributed by atoms with Gasteiger partial charge in [0.05, 0.1) is 29.1 Å². The normalized spacial score (nSPS) is 11.4. The summed E-state index contributed by atoms with van der Waals surface area (Å²) in [5.41, 5.74) is 1.71. The summed E-state index contributed by atoms with van der Waals surface area (Å²) in [6.07, 6.45) is -4.45. The Labute approximate surface area is 219 Å². The average molecular weight is 523 g/mol. The van der Waals surface area contributed by atoms with Crippen LogP contribution in [0.15, 0.2) is 84.9 Å². The van der Waals surface area contributed by atoms with E-state index in [9.17, 15) is 18.0 Å². The number of urea groups is 1. The molecule has 3 aromatic carbocycles. The van der Waals surface area contributed by atoms with Crippen LogP contribution in [0.2, 0.25) is 0 Å². The predicted octanol–water partition coefficient (Wildman–Crippen LogP) is 7.68. The summed E-state index contributed by atoms with van der Waals surface area (Å²) >= 11 is 0. The van der Waals surface area contributed by atoms with Gasteiger partial charge < -0.3 is 15.0 Å². The van der Waals surface area contributed by atoms with Crippen LogP contribution in [0.4, 0.5) is 23.7 Å². The third kappa shape index (κ3) is 6.53. The summed E-state index contributed by atoms with van der Waals surface area (Å²) in [5, 5.41) is 7.44. The van der Waals surface area contributed by atoms with Gasteiger partial charge in [0.15, 0.2) is 0 Å². The van der Waals surface area contributed by atoms with E-state index in [1.807, 2.05) is 81.4 Å². The molecule has 0 radical (unpaired) electrons. The van der Waals surface area contributed by atoms with Crippen LogP contribution in [0.25, 0.3) is 5.69 Å². The first-order valence-electron chi connectivity index (χ1n) is 12.2. The second kappa shape index (κ2) is 11.4. The number of alkyl halides is 3. The molecule has 0 fully saturated rings. The van der Waals surface area contributed by atoms with Gasteiger partial charge in [0, 0.05) is 12.2 Å². The van der Waals surface area contributed by atoms with Crippen molar-refractivity contribution in [1.29, 1.82) is 0 Å². The van der Waals surface area contributed by atoms with Gasteiger partial charge in [-0.15, -0.1) is 0 Å². The molecule has 9 heteroatoms. The number of anilines is 1. The number of rotatable bonds is 8. The molecule has 1 N–H and O–H groups in total. The first-order valence-corrected chi connectivity index (χ1v) is 12.2. The lowest BCUT2D eigenvalue weighted by atomic mass is 10.1. The minimum Gasteiger partial charge on any atom is -0.439 e. The smallest absolute Gasteiger partial charge is 0.416 e. The molecule has 0 atom stereocenters. The average Bonchev–Trinajstić information content (AvgIpc) is 3.19. The largest absolute Gasteiger partial charge is 0.439 e. The van der Waals surface area contributed by atoms with Crippen molar-refractivity contribution in [2.75, 3.05) is 11.9 Å². The van der Waals surface area contributed by atoms with E-state index in [0.29, 0.717) is 23.9 Å². The summed E-state index contributed by atoms with van der Waals surface area (Å²) in [6.45, 7) is 6.42. The molecule has 198 valence electrons. The Balaban J connectivity index is 1.65. The van der Waals surface area contributed by atoms with Crippen LogP contribution in [-0.4, -0.2) is 27.3 Å². The number of hydrogen-bond donors (Lipinski definition) is 1. The zero-order chi connectivity index (χ0) is 27.3. The topological polar surface area (TPSA) is 59.4 Å². The van der Waals surface area contributed by atoms with Crippen LogP contribution in [-0.2, 0) is 12.7 Å². The van der Waals surface area contributed by atoms with Crippen molar-refractivity contribution in [2.45, 2.75) is 33.5 Å². The molecule has 0 saturated heterocycles. The molecule has 1 heterocycles. The summed E-state index contributed by atoms with van der Waals surface area (Å²) in [4.78, 5) is 14.9. The highest BCUT2D eigenvalue weighted by molar-refractivity contribution is 5.89. The monoisotopic (exact) mass is 522 g/mol. The predicted molar refractivity (Wildman–Crippen MR) is 141 cm³/mol. The lowest BCUT2D eigenvalue weighted by Crippen LogP contribution is -2.37. The fourth-order valence-corrected chi connectivity index (χ4v) is 3.97. The highest BCUT2D eigenvalue weighted by Crippen LogP contribution is 2.32. The number of carbonyl (C=O) groups excluding carboxylic acids is 1. The van der Waals surface area contributed by atoms with Crippen molar-refractivity contribution in [3.05, 3.63) is 102 Å². The molecular weight excluding hydrogens is 493 g/mol. The number of nitrogens with one attached hydrogen (secondary N) is 1. The molecule has 0 aliphatic heterocycles. The van der Waals surface area contributed by atoms with Crippen LogP contribution in [0.5, 0.6) is 11.6 Å². The van der Waals surface area contributed by atoms with Crippen molar-refractivity contribution in [1.82, 2.24) is 14.7 Å². The third-order valence-corrected chi connectivity index (χ3v) is 5.78. The summed E-state index contributed by atoms with van der Waals surface area (Å²) in [7, 11) is 0. The minimum absolute atomic E-state index is 0.135. The van der Waals surface area contributed by atoms with Gasteiger partial charge in [-0.2, -0.15) is 18.3 Å². The minimum atomic E-state index is -4.45. The van der Waals surface area contributed by atoms with Gasteiger partial charge in [-0.3, -0.25) is 0 Å². The van der Waals surface area contributed by atoms with Crippen molar-refractivity contribution < 1.29 is 22.7 Å². The molecule has 38 heavy (non-hydrogen) atoms. The summed E-state index contributed by atoms with van der Waals surface area (Å²) < 4.78 is 46.8. The Morgan fingerprint density at radius 3 is 2.16 bits per heavy atom. The van der Waals surface area contributed by atoms with Gasteiger partial charge in [0.25, 0.3) is 0 Å². The molecule has 0 spiro atoms. The van der Waals surface area contributed by atoms with Crippen molar-refractivity contribution in [3.8, 4) is 17.3 Å². The van der Waals surface area contributed by atoms with Crippen molar-refractivity contribution in [2.24, 2.45) is 5.92 Å². The van der Waals surface area contributed by atoms with Gasteiger partial charge in [-0.25, -0.2) is 9.48 Å². The highest BCUT2D eigenvalue weighted by atomic mass is 19.4. The molecule has 0 aliphatic rings. The van der Waals surface area contributed by atoms with Gasteiger partial charge >= 0.3 is 12.2 Å². The Kier molecular flexibility index (Phi) is 8.05. The maximum Gasteiger partial charge on any atom is 0.416 e. The van der Waals surface area contributed by atoms with E-state index < -0.39 is 17.8 Å². The van der Waals surface area contributed by atoms with Crippen molar-refractivity contribution in [3.63, 3.8) is 0 Å². The van der Waals surface area contributed by atoms with Crippen LogP contribution in [0.3, 0.4) is 0 Å². The number of benzene rings is 3. The molecule has 2 amide bonds. The molecule has 1 aromatic heterocycles. The maximum atomic E-state index is 13.3. The number of hydrogen-bond acceptors (Lipinski definition) is 3. The first kappa shape index (κ1) is 26.8. The molecule has 0 saturated carbocycles. The van der Waals surface area contributed by atoms with Crippen LogP contribution < -0.4 is 10.1 Å². The second-order valence-corrected chi connectivity index (χ2v) is 9.31. The Hall–Kier alpha value is -4.27. The fourth-order valence-electron chi connectivity index (χ4n) is 3.97. The molecule has 4 rings (SSSR count). The number of carbonyl (C=O) groups is 1. The fraction of sp³-hybridized carbons (Fsp3) is 0.241. The lowest BCUT2D eigenvalue weighted by Gasteiger charge is -2.25. The molecule has 0 unspecified atom stereocenters. The lowest BCUT2D eigenvalue weighted by molar-refractivity contribution is -0.137. The Bertz CT molecular complexity index is 1350. The maximum absolute atomic E-state index is 13.3. The standard InChI is InChI=1S/C29H29F3N4O2/c1-20(2)18-35(28(37)33-23-16-14-22(15-17-23)29(30,31)32)19-26-21(3)34-36(24-10-6-4-7-11-24)27(26)38-25-12-8-5-9-13-25/h4-17,20H,18-19H2,1-3H3,(H,33,37).